The van der Waals surface area contributed by atoms with Gasteiger partial charge in [0.1, 0.15) is 6.10 Å². The van der Waals surface area contributed by atoms with E-state index in [0.717, 1.165) is 38.3 Å². The highest BCUT2D eigenvalue weighted by molar-refractivity contribution is 7.19. The minimum absolute atomic E-state index is 0.0786. The van der Waals surface area contributed by atoms with Crippen molar-refractivity contribution in [1.29, 1.82) is 0 Å². The van der Waals surface area contributed by atoms with Gasteiger partial charge in [-0.2, -0.15) is 0 Å². The molecule has 1 aliphatic carbocycles. The third kappa shape index (κ3) is 4.99. The molecule has 0 amide bonds. The lowest BCUT2D eigenvalue weighted by Crippen LogP contribution is -2.61. The predicted molar refractivity (Wildman–Crippen MR) is 158 cm³/mol. The Labute approximate surface area is 237 Å². The lowest BCUT2D eigenvalue weighted by molar-refractivity contribution is -0.0718. The molecule has 1 N–H and O–H groups in total. The molecule has 0 bridgehead atoms. The molecular weight excluding hydrogens is 506 g/mol. The average molecular weight is 550 g/mol. The first kappa shape index (κ1) is 27.1. The highest BCUT2D eigenvalue weighted by Gasteiger charge is 2.60. The van der Waals surface area contributed by atoms with E-state index in [1.54, 1.807) is 13.2 Å². The standard InChI is InChI=1S/C33H43NO4S/c1-21-11-14-28(35)31-30(21)33(32(38-31)23(3)36-4)15-16-34(19-24-12-13-24)22(2)27(33)9-7-17-37-20-26-18-25-8-5-6-10-29(25)39-26/h5-6,8,10-11,14,18,22-24,27,32,35H,7,9,12-13,15-17,19-20H2,1-4H3/t22?,23?,27?,32-,33?/m0/s1. The van der Waals surface area contributed by atoms with E-state index in [9.17, 15) is 5.11 Å². The molecule has 5 atom stereocenters. The van der Waals surface area contributed by atoms with Gasteiger partial charge in [-0.3, -0.25) is 0 Å². The van der Waals surface area contributed by atoms with Crippen LogP contribution in [-0.2, 0) is 21.5 Å². The fraction of sp³-hybridized carbons (Fsp3) is 0.576. The van der Waals surface area contributed by atoms with E-state index in [-0.39, 0.29) is 23.4 Å². The number of aryl methyl sites for hydroxylation is 1. The number of thiophene rings is 1. The Morgan fingerprint density at radius 3 is 2.79 bits per heavy atom. The van der Waals surface area contributed by atoms with Crippen LogP contribution in [0.1, 0.15) is 62.0 Å². The van der Waals surface area contributed by atoms with E-state index in [1.165, 1.54) is 45.5 Å². The van der Waals surface area contributed by atoms with E-state index in [1.807, 2.05) is 11.3 Å². The minimum atomic E-state index is -0.196. The first-order chi connectivity index (χ1) is 18.9. The summed E-state index contributed by atoms with van der Waals surface area (Å²) in [4.78, 5) is 4.02. The van der Waals surface area contributed by atoms with Crippen LogP contribution in [0.5, 0.6) is 11.5 Å². The van der Waals surface area contributed by atoms with Gasteiger partial charge in [0.15, 0.2) is 11.5 Å². The zero-order valence-electron chi connectivity index (χ0n) is 23.8. The number of likely N-dealkylation sites (tertiary alicyclic amines) is 1. The van der Waals surface area contributed by atoms with Crippen LogP contribution in [0, 0.1) is 18.8 Å². The number of rotatable bonds is 10. The second-order valence-corrected chi connectivity index (χ2v) is 13.3. The summed E-state index contributed by atoms with van der Waals surface area (Å²) in [6.45, 7) is 10.4. The Bertz CT molecular complexity index is 1270. The fourth-order valence-corrected chi connectivity index (χ4v) is 8.52. The van der Waals surface area contributed by atoms with Gasteiger partial charge in [0.2, 0.25) is 0 Å². The molecule has 1 saturated heterocycles. The SMILES string of the molecule is COC(C)[C@@H]1Oc2c(O)ccc(C)c2C12CCN(CC1CC1)C(C)C2CCCOCc1cc2ccccc2s1. The van der Waals surface area contributed by atoms with Gasteiger partial charge in [-0.05, 0) is 100 Å². The van der Waals surface area contributed by atoms with Crippen LogP contribution in [0.15, 0.2) is 42.5 Å². The van der Waals surface area contributed by atoms with E-state index < -0.39 is 0 Å². The predicted octanol–water partition coefficient (Wildman–Crippen LogP) is 7.07. The van der Waals surface area contributed by atoms with E-state index in [2.05, 4.69) is 62.1 Å². The Morgan fingerprint density at radius 1 is 1.21 bits per heavy atom. The number of aromatic hydroxyl groups is 1. The van der Waals surface area contributed by atoms with Crippen LogP contribution in [0.2, 0.25) is 0 Å². The first-order valence-corrected chi connectivity index (χ1v) is 15.6. The third-order valence-electron chi connectivity index (χ3n) is 9.71. The number of phenolic OH excluding ortho intramolecular Hbond substituents is 1. The van der Waals surface area contributed by atoms with E-state index >= 15 is 0 Å². The number of benzene rings is 2. The topological polar surface area (TPSA) is 51.2 Å². The maximum absolute atomic E-state index is 10.9. The van der Waals surface area contributed by atoms with Gasteiger partial charge in [-0.25, -0.2) is 0 Å². The molecule has 1 aromatic heterocycles. The smallest absolute Gasteiger partial charge is 0.165 e. The monoisotopic (exact) mass is 549 g/mol. The van der Waals surface area contributed by atoms with Gasteiger partial charge in [-0.15, -0.1) is 11.3 Å². The van der Waals surface area contributed by atoms with Crippen LogP contribution < -0.4 is 4.74 Å². The summed E-state index contributed by atoms with van der Waals surface area (Å²) in [5, 5.41) is 12.2. The summed E-state index contributed by atoms with van der Waals surface area (Å²) in [7, 11) is 1.78. The Balaban J connectivity index is 1.24. The van der Waals surface area contributed by atoms with Gasteiger partial charge in [-0.1, -0.05) is 24.3 Å². The van der Waals surface area contributed by atoms with Crippen molar-refractivity contribution in [3.63, 3.8) is 0 Å². The maximum atomic E-state index is 10.9. The second-order valence-electron chi connectivity index (χ2n) is 12.1. The molecule has 1 spiro atoms. The molecule has 4 unspecified atom stereocenters. The number of nitrogens with zero attached hydrogens (tertiary/aromatic N) is 1. The molecule has 3 aromatic rings. The largest absolute Gasteiger partial charge is 0.504 e. The molecule has 39 heavy (non-hydrogen) atoms. The Hall–Kier alpha value is -2.12. The summed E-state index contributed by atoms with van der Waals surface area (Å²) in [5.74, 6) is 2.16. The van der Waals surface area contributed by atoms with Gasteiger partial charge in [0.25, 0.3) is 0 Å². The number of hydrogen-bond donors (Lipinski definition) is 1. The van der Waals surface area contributed by atoms with Crippen LogP contribution in [-0.4, -0.2) is 55.1 Å². The van der Waals surface area contributed by atoms with Crippen LogP contribution in [0.25, 0.3) is 10.1 Å². The molecule has 3 aliphatic rings. The molecule has 2 aliphatic heterocycles. The quantitative estimate of drug-likeness (QED) is 0.274. The van der Waals surface area contributed by atoms with Gasteiger partial charge < -0.3 is 24.2 Å². The van der Waals surface area contributed by atoms with E-state index in [0.29, 0.717) is 24.3 Å². The van der Waals surface area contributed by atoms with Gasteiger partial charge >= 0.3 is 0 Å². The average Bonchev–Trinajstić information content (AvgIpc) is 3.55. The van der Waals surface area contributed by atoms with Crippen molar-refractivity contribution >= 4 is 21.4 Å². The summed E-state index contributed by atoms with van der Waals surface area (Å²) >= 11 is 1.83. The molecule has 2 aromatic carbocycles. The van der Waals surface area contributed by atoms with Crippen molar-refractivity contribution in [3.05, 3.63) is 58.5 Å². The maximum Gasteiger partial charge on any atom is 0.165 e. The molecule has 5 nitrogen and oxygen atoms in total. The first-order valence-electron chi connectivity index (χ1n) is 14.7. The van der Waals surface area contributed by atoms with Gasteiger partial charge in [0, 0.05) is 46.9 Å². The number of methoxy groups -OCH3 is 1. The van der Waals surface area contributed by atoms with Crippen molar-refractivity contribution in [3.8, 4) is 11.5 Å². The zero-order chi connectivity index (χ0) is 27.1. The van der Waals surface area contributed by atoms with Gasteiger partial charge in [0.05, 0.1) is 12.7 Å². The molecule has 2 fully saturated rings. The number of fused-ring (bicyclic) bond motifs is 3. The van der Waals surface area contributed by atoms with Crippen molar-refractivity contribution in [1.82, 2.24) is 4.90 Å². The second kappa shape index (κ2) is 11.0. The highest BCUT2D eigenvalue weighted by Crippen LogP contribution is 2.59. The minimum Gasteiger partial charge on any atom is -0.504 e. The molecule has 6 heteroatoms. The Kier molecular flexibility index (Phi) is 7.66. The summed E-state index contributed by atoms with van der Waals surface area (Å²) in [5.41, 5.74) is 2.23. The summed E-state index contributed by atoms with van der Waals surface area (Å²) < 4.78 is 20.2. The van der Waals surface area contributed by atoms with Crippen molar-refractivity contribution in [2.45, 2.75) is 83.1 Å². The summed E-state index contributed by atoms with van der Waals surface area (Å²) in [6.07, 6.45) is 5.61. The number of hydrogen-bond acceptors (Lipinski definition) is 6. The molecule has 1 saturated carbocycles. The zero-order valence-corrected chi connectivity index (χ0v) is 24.6. The highest BCUT2D eigenvalue weighted by atomic mass is 32.1. The number of ether oxygens (including phenoxy) is 3. The third-order valence-corrected chi connectivity index (χ3v) is 10.8. The lowest BCUT2D eigenvalue weighted by Gasteiger charge is -2.53. The summed E-state index contributed by atoms with van der Waals surface area (Å²) in [6, 6.07) is 15.1. The van der Waals surface area contributed by atoms with Crippen LogP contribution in [0.3, 0.4) is 0 Å². The van der Waals surface area contributed by atoms with Crippen molar-refractivity contribution in [2.75, 3.05) is 26.8 Å². The molecule has 3 heterocycles. The molecule has 6 rings (SSSR count). The normalized spacial score (nSPS) is 27.6. The molecule has 210 valence electrons. The lowest BCUT2D eigenvalue weighted by atomic mass is 9.58. The number of phenols is 1. The molecular formula is C33H43NO4S. The number of piperidine rings is 1. The van der Waals surface area contributed by atoms with Crippen molar-refractivity contribution in [2.24, 2.45) is 11.8 Å². The fourth-order valence-electron chi connectivity index (χ4n) is 7.52. The Morgan fingerprint density at radius 2 is 2.03 bits per heavy atom. The molecule has 0 radical (unpaired) electrons. The van der Waals surface area contributed by atoms with Crippen LogP contribution in [0.4, 0.5) is 0 Å². The van der Waals surface area contributed by atoms with E-state index in [4.69, 9.17) is 14.2 Å². The van der Waals surface area contributed by atoms with Crippen molar-refractivity contribution < 1.29 is 19.3 Å². The van der Waals surface area contributed by atoms with Crippen LogP contribution >= 0.6 is 11.3 Å².